The van der Waals surface area contributed by atoms with E-state index in [0.717, 1.165) is 27.0 Å². The molecule has 138 valence electrons. The Morgan fingerprint density at radius 3 is 2.70 bits per heavy atom. The molecule has 2 aromatic rings. The average Bonchev–Trinajstić information content (AvgIpc) is 2.71. The number of benzene rings is 2. The lowest BCUT2D eigenvalue weighted by atomic mass is 9.86. The van der Waals surface area contributed by atoms with E-state index in [1.54, 1.807) is 11.0 Å². The number of hydrogen-bond donors (Lipinski definition) is 2. The first-order valence-electron chi connectivity index (χ1n) is 8.99. The zero-order chi connectivity index (χ0) is 19.0. The molecule has 1 aliphatic heterocycles. The van der Waals surface area contributed by atoms with Crippen molar-refractivity contribution < 1.29 is 14.8 Å². The van der Waals surface area contributed by atoms with Crippen molar-refractivity contribution in [3.05, 3.63) is 65.8 Å². The SMILES string of the molecule is NC(=O)C1C=C2CCN(C(=O)N(O)c3cccc4ccccc34)CC2=CC1. The monoisotopic (exact) mass is 363 g/mol. The number of allylic oxidation sites excluding steroid dienone is 1. The highest BCUT2D eigenvalue weighted by molar-refractivity contribution is 6.01. The predicted molar refractivity (Wildman–Crippen MR) is 103 cm³/mol. The van der Waals surface area contributed by atoms with E-state index >= 15 is 0 Å². The Morgan fingerprint density at radius 1 is 1.11 bits per heavy atom. The van der Waals surface area contributed by atoms with E-state index in [2.05, 4.69) is 0 Å². The number of piperidine rings is 1. The van der Waals surface area contributed by atoms with Gasteiger partial charge in [-0.05, 0) is 35.4 Å². The highest BCUT2D eigenvalue weighted by Crippen LogP contribution is 2.31. The number of carbonyl (C=O) groups is 2. The number of hydrogen-bond acceptors (Lipinski definition) is 3. The summed E-state index contributed by atoms with van der Waals surface area (Å²) in [6.07, 6.45) is 5.10. The Kier molecular flexibility index (Phi) is 4.41. The molecule has 1 fully saturated rings. The molecule has 0 spiro atoms. The maximum atomic E-state index is 12.9. The van der Waals surface area contributed by atoms with Gasteiger partial charge in [-0.2, -0.15) is 5.06 Å². The Bertz CT molecular complexity index is 974. The summed E-state index contributed by atoms with van der Waals surface area (Å²) in [7, 11) is 0. The standard InChI is InChI=1S/C21H21N3O3/c22-20(25)16-8-9-17-13-23(11-10-15(17)12-16)21(26)24(27)19-7-3-5-14-4-1-2-6-18(14)19/h1-7,9,12,16,27H,8,10-11,13H2,(H2,22,25). The minimum atomic E-state index is -0.455. The molecule has 1 aliphatic carbocycles. The van der Waals surface area contributed by atoms with Gasteiger partial charge in [-0.3, -0.25) is 10.0 Å². The summed E-state index contributed by atoms with van der Waals surface area (Å²) >= 11 is 0. The van der Waals surface area contributed by atoms with Gasteiger partial charge in [0.15, 0.2) is 0 Å². The number of amides is 3. The van der Waals surface area contributed by atoms with Gasteiger partial charge in [-0.25, -0.2) is 4.79 Å². The maximum Gasteiger partial charge on any atom is 0.348 e. The molecule has 6 nitrogen and oxygen atoms in total. The van der Waals surface area contributed by atoms with Crippen LogP contribution < -0.4 is 10.8 Å². The number of urea groups is 1. The molecule has 0 radical (unpaired) electrons. The molecular weight excluding hydrogens is 342 g/mol. The van der Waals surface area contributed by atoms with Crippen LogP contribution >= 0.6 is 0 Å². The highest BCUT2D eigenvalue weighted by atomic mass is 16.5. The number of rotatable bonds is 2. The van der Waals surface area contributed by atoms with Crippen molar-refractivity contribution in [2.24, 2.45) is 11.7 Å². The number of likely N-dealkylation sites (tertiary alicyclic amines) is 1. The molecule has 6 heteroatoms. The molecule has 3 N–H and O–H groups in total. The highest BCUT2D eigenvalue weighted by Gasteiger charge is 2.29. The third-order valence-corrected chi connectivity index (χ3v) is 5.26. The van der Waals surface area contributed by atoms with Crippen LogP contribution in [-0.2, 0) is 4.79 Å². The van der Waals surface area contributed by atoms with E-state index in [9.17, 15) is 14.8 Å². The second-order valence-electron chi connectivity index (χ2n) is 6.93. The predicted octanol–water partition coefficient (Wildman–Crippen LogP) is 3.22. The largest absolute Gasteiger partial charge is 0.369 e. The van der Waals surface area contributed by atoms with Gasteiger partial charge in [0.05, 0.1) is 11.6 Å². The van der Waals surface area contributed by atoms with Crippen molar-refractivity contribution >= 4 is 28.4 Å². The molecule has 1 unspecified atom stereocenters. The fourth-order valence-corrected chi connectivity index (χ4v) is 3.76. The van der Waals surface area contributed by atoms with E-state index < -0.39 is 6.03 Å². The number of fused-ring (bicyclic) bond motifs is 2. The van der Waals surface area contributed by atoms with Crippen molar-refractivity contribution in [2.45, 2.75) is 12.8 Å². The van der Waals surface area contributed by atoms with Gasteiger partial charge in [0.2, 0.25) is 5.91 Å². The summed E-state index contributed by atoms with van der Waals surface area (Å²) in [4.78, 5) is 25.9. The van der Waals surface area contributed by atoms with Crippen molar-refractivity contribution in [1.82, 2.24) is 4.90 Å². The third-order valence-electron chi connectivity index (χ3n) is 5.26. The van der Waals surface area contributed by atoms with Gasteiger partial charge in [0.1, 0.15) is 0 Å². The van der Waals surface area contributed by atoms with Gasteiger partial charge in [0, 0.05) is 18.5 Å². The Morgan fingerprint density at radius 2 is 1.89 bits per heavy atom. The molecule has 1 atom stereocenters. The minimum Gasteiger partial charge on any atom is -0.369 e. The summed E-state index contributed by atoms with van der Waals surface area (Å²) < 4.78 is 0. The molecule has 4 rings (SSSR count). The first-order valence-corrected chi connectivity index (χ1v) is 8.99. The first-order chi connectivity index (χ1) is 13.0. The molecular formula is C21H21N3O3. The smallest absolute Gasteiger partial charge is 0.348 e. The first kappa shape index (κ1) is 17.3. The van der Waals surface area contributed by atoms with E-state index in [1.807, 2.05) is 48.6 Å². The van der Waals surface area contributed by atoms with Crippen LogP contribution in [0.1, 0.15) is 12.8 Å². The second kappa shape index (κ2) is 6.89. The van der Waals surface area contributed by atoms with Crippen LogP contribution in [0, 0.1) is 5.92 Å². The van der Waals surface area contributed by atoms with Crippen LogP contribution in [0.3, 0.4) is 0 Å². The quantitative estimate of drug-likeness (QED) is 0.634. The lowest BCUT2D eigenvalue weighted by molar-refractivity contribution is -0.120. The average molecular weight is 363 g/mol. The van der Waals surface area contributed by atoms with Crippen LogP contribution in [0.2, 0.25) is 0 Å². The number of hydroxylamine groups is 1. The molecule has 1 saturated heterocycles. The molecule has 3 amide bonds. The van der Waals surface area contributed by atoms with E-state index in [4.69, 9.17) is 5.73 Å². The fourth-order valence-electron chi connectivity index (χ4n) is 3.76. The fraction of sp³-hybridized carbons (Fsp3) is 0.238. The van der Waals surface area contributed by atoms with Crippen LogP contribution in [0.15, 0.2) is 65.8 Å². The number of primary amides is 1. The normalized spacial score (nSPS) is 19.1. The molecule has 2 aliphatic rings. The van der Waals surface area contributed by atoms with E-state index in [-0.39, 0.29) is 11.8 Å². The zero-order valence-corrected chi connectivity index (χ0v) is 14.8. The summed E-state index contributed by atoms with van der Waals surface area (Å²) in [5.74, 6) is -0.593. The van der Waals surface area contributed by atoms with Crippen molar-refractivity contribution in [2.75, 3.05) is 18.2 Å². The van der Waals surface area contributed by atoms with Crippen LogP contribution in [0.25, 0.3) is 10.8 Å². The Labute approximate surface area is 157 Å². The maximum absolute atomic E-state index is 12.9. The van der Waals surface area contributed by atoms with Crippen LogP contribution in [-0.4, -0.2) is 35.1 Å². The van der Waals surface area contributed by atoms with Gasteiger partial charge >= 0.3 is 6.03 Å². The molecule has 1 heterocycles. The number of nitrogens with two attached hydrogens (primary N) is 1. The number of carbonyl (C=O) groups excluding carboxylic acids is 2. The third kappa shape index (κ3) is 3.19. The lowest BCUT2D eigenvalue weighted by Crippen LogP contribution is -2.45. The van der Waals surface area contributed by atoms with E-state index in [0.29, 0.717) is 31.6 Å². The van der Waals surface area contributed by atoms with Gasteiger partial charge < -0.3 is 10.6 Å². The minimum absolute atomic E-state index is 0.268. The molecule has 27 heavy (non-hydrogen) atoms. The number of anilines is 1. The molecule has 2 aromatic carbocycles. The Balaban J connectivity index is 1.54. The van der Waals surface area contributed by atoms with Crippen LogP contribution in [0.5, 0.6) is 0 Å². The Hall–Kier alpha value is -3.12. The van der Waals surface area contributed by atoms with Crippen molar-refractivity contribution in [3.63, 3.8) is 0 Å². The van der Waals surface area contributed by atoms with Crippen molar-refractivity contribution in [3.8, 4) is 0 Å². The van der Waals surface area contributed by atoms with Crippen molar-refractivity contribution in [1.29, 1.82) is 0 Å². The zero-order valence-electron chi connectivity index (χ0n) is 14.8. The molecule has 0 aromatic heterocycles. The number of nitrogens with zero attached hydrogens (tertiary/aromatic N) is 2. The topological polar surface area (TPSA) is 86.9 Å². The molecule has 0 bridgehead atoms. The summed E-state index contributed by atoms with van der Waals surface area (Å²) in [6.45, 7) is 0.896. The summed E-state index contributed by atoms with van der Waals surface area (Å²) in [5, 5.41) is 13.1. The van der Waals surface area contributed by atoms with Gasteiger partial charge in [-0.15, -0.1) is 0 Å². The van der Waals surface area contributed by atoms with Gasteiger partial charge in [-0.1, -0.05) is 48.6 Å². The summed E-state index contributed by atoms with van der Waals surface area (Å²) in [5.41, 5.74) is 7.96. The second-order valence-corrected chi connectivity index (χ2v) is 6.93. The summed E-state index contributed by atoms with van der Waals surface area (Å²) in [6, 6.07) is 12.7. The lowest BCUT2D eigenvalue weighted by Gasteiger charge is -2.34. The van der Waals surface area contributed by atoms with Crippen LogP contribution in [0.4, 0.5) is 10.5 Å². The molecule has 0 saturated carbocycles. The van der Waals surface area contributed by atoms with E-state index in [1.165, 1.54) is 0 Å². The van der Waals surface area contributed by atoms with Gasteiger partial charge in [0.25, 0.3) is 0 Å².